The third-order valence-electron chi connectivity index (χ3n) is 2.56. The van der Waals surface area contributed by atoms with Gasteiger partial charge in [0.05, 0.1) is 17.6 Å². The lowest BCUT2D eigenvalue weighted by Crippen LogP contribution is -2.03. The van der Waals surface area contributed by atoms with E-state index in [2.05, 4.69) is 23.1 Å². The summed E-state index contributed by atoms with van der Waals surface area (Å²) in [4.78, 5) is 4.42. The van der Waals surface area contributed by atoms with E-state index < -0.39 is 0 Å². The molecule has 1 N–H and O–H groups in total. The highest BCUT2D eigenvalue weighted by molar-refractivity contribution is 5.48. The largest absolute Gasteiger partial charge is 0.396 e. The van der Waals surface area contributed by atoms with Crippen molar-refractivity contribution in [2.45, 2.75) is 33.1 Å². The second kappa shape index (κ2) is 4.61. The van der Waals surface area contributed by atoms with Crippen LogP contribution in [0.5, 0.6) is 0 Å². The molecule has 0 aromatic carbocycles. The van der Waals surface area contributed by atoms with Crippen LogP contribution >= 0.6 is 0 Å². The van der Waals surface area contributed by atoms with Crippen LogP contribution in [0.1, 0.15) is 30.3 Å². The number of aromatic nitrogens is 3. The number of imidazole rings is 1. The van der Waals surface area contributed by atoms with Crippen LogP contribution in [0.2, 0.25) is 0 Å². The highest BCUT2D eigenvalue weighted by Gasteiger charge is 2.07. The zero-order valence-electron chi connectivity index (χ0n) is 9.77. The number of fused-ring (bicyclic) bond motifs is 1. The van der Waals surface area contributed by atoms with Gasteiger partial charge in [0.15, 0.2) is 5.65 Å². The molecule has 4 nitrogen and oxygen atoms in total. The molecule has 86 valence electrons. The van der Waals surface area contributed by atoms with Crippen LogP contribution in [0, 0.1) is 6.92 Å². The molecule has 0 aliphatic heterocycles. The molecule has 2 aromatic heterocycles. The molecule has 16 heavy (non-hydrogen) atoms. The summed E-state index contributed by atoms with van der Waals surface area (Å²) in [6.45, 7) is 4.24. The van der Waals surface area contributed by atoms with Crippen molar-refractivity contribution in [2.75, 3.05) is 6.61 Å². The van der Waals surface area contributed by atoms with E-state index in [-0.39, 0.29) is 6.61 Å². The molecule has 0 radical (unpaired) electrons. The first-order valence-corrected chi connectivity index (χ1v) is 5.70. The molecule has 0 fully saturated rings. The fraction of sp³-hybridized carbons (Fsp3) is 0.500. The Morgan fingerprint density at radius 1 is 1.38 bits per heavy atom. The second-order valence-electron chi connectivity index (χ2n) is 4.03. The smallest absolute Gasteiger partial charge is 0.157 e. The number of rotatable bonds is 4. The van der Waals surface area contributed by atoms with Crippen LogP contribution in [0.15, 0.2) is 12.3 Å². The predicted octanol–water partition coefficient (Wildman–Crippen LogP) is 1.53. The number of nitrogens with zero attached hydrogens (tertiary/aromatic N) is 3. The highest BCUT2D eigenvalue weighted by atomic mass is 16.2. The lowest BCUT2D eigenvalue weighted by Gasteiger charge is -2.05. The molecule has 0 saturated carbocycles. The number of aliphatic hydroxyl groups is 1. The van der Waals surface area contributed by atoms with Gasteiger partial charge in [0.25, 0.3) is 0 Å². The van der Waals surface area contributed by atoms with E-state index in [1.807, 2.05) is 17.6 Å². The van der Waals surface area contributed by atoms with Gasteiger partial charge in [0.1, 0.15) is 0 Å². The molecule has 0 bridgehead atoms. The van der Waals surface area contributed by atoms with E-state index in [0.717, 1.165) is 35.4 Å². The lowest BCUT2D eigenvalue weighted by atomic mass is 10.1. The maximum atomic E-state index is 9.05. The van der Waals surface area contributed by atoms with Crippen LogP contribution < -0.4 is 0 Å². The minimum absolute atomic E-state index is 0.150. The van der Waals surface area contributed by atoms with Gasteiger partial charge in [0, 0.05) is 12.2 Å². The summed E-state index contributed by atoms with van der Waals surface area (Å²) < 4.78 is 1.82. The highest BCUT2D eigenvalue weighted by Crippen LogP contribution is 2.13. The van der Waals surface area contributed by atoms with Gasteiger partial charge in [-0.05, 0) is 25.8 Å². The third-order valence-corrected chi connectivity index (χ3v) is 2.56. The van der Waals surface area contributed by atoms with Crippen molar-refractivity contribution in [3.8, 4) is 0 Å². The van der Waals surface area contributed by atoms with E-state index in [1.54, 1.807) is 0 Å². The summed E-state index contributed by atoms with van der Waals surface area (Å²) in [5.74, 6) is 0. The molecular weight excluding hydrogens is 202 g/mol. The standard InChI is InChI=1S/C12H17N3O/c1-3-4-11-7-10(5-6-16)12-13-9(2)8-15(12)14-11/h7-8,16H,3-6H2,1-2H3. The van der Waals surface area contributed by atoms with E-state index >= 15 is 0 Å². The number of aryl methyl sites for hydroxylation is 2. The van der Waals surface area contributed by atoms with Gasteiger partial charge in [-0.3, -0.25) is 0 Å². The molecule has 0 atom stereocenters. The molecule has 0 amide bonds. The summed E-state index contributed by atoms with van der Waals surface area (Å²) >= 11 is 0. The lowest BCUT2D eigenvalue weighted by molar-refractivity contribution is 0.299. The maximum Gasteiger partial charge on any atom is 0.157 e. The maximum absolute atomic E-state index is 9.05. The monoisotopic (exact) mass is 219 g/mol. The third kappa shape index (κ3) is 2.07. The Hall–Kier alpha value is -1.42. The SMILES string of the molecule is CCCc1cc(CCO)c2nc(C)cn2n1. The van der Waals surface area contributed by atoms with Crippen LogP contribution in [0.4, 0.5) is 0 Å². The van der Waals surface area contributed by atoms with E-state index in [4.69, 9.17) is 5.11 Å². The number of aliphatic hydroxyl groups excluding tert-OH is 1. The van der Waals surface area contributed by atoms with E-state index in [9.17, 15) is 0 Å². The molecule has 0 aliphatic rings. The summed E-state index contributed by atoms with van der Waals surface area (Å²) in [5.41, 5.74) is 3.97. The van der Waals surface area contributed by atoms with Gasteiger partial charge in [-0.15, -0.1) is 0 Å². The molecule has 4 heteroatoms. The van der Waals surface area contributed by atoms with Crippen molar-refractivity contribution in [1.29, 1.82) is 0 Å². The van der Waals surface area contributed by atoms with Crippen molar-refractivity contribution >= 4 is 5.65 Å². The van der Waals surface area contributed by atoms with Gasteiger partial charge in [-0.2, -0.15) is 5.10 Å². The van der Waals surface area contributed by atoms with Crippen molar-refractivity contribution in [3.05, 3.63) is 29.2 Å². The van der Waals surface area contributed by atoms with Crippen molar-refractivity contribution in [1.82, 2.24) is 14.6 Å². The Balaban J connectivity index is 2.53. The summed E-state index contributed by atoms with van der Waals surface area (Å²) in [6, 6.07) is 2.06. The van der Waals surface area contributed by atoms with E-state index in [0.29, 0.717) is 6.42 Å². The van der Waals surface area contributed by atoms with Crippen LogP contribution in [0.3, 0.4) is 0 Å². The quantitative estimate of drug-likeness (QED) is 0.848. The molecule has 0 spiro atoms. The fourth-order valence-electron chi connectivity index (χ4n) is 1.90. The van der Waals surface area contributed by atoms with Crippen molar-refractivity contribution < 1.29 is 5.11 Å². The van der Waals surface area contributed by atoms with Gasteiger partial charge in [-0.25, -0.2) is 9.50 Å². The zero-order chi connectivity index (χ0) is 11.5. The molecule has 0 saturated heterocycles. The van der Waals surface area contributed by atoms with Gasteiger partial charge < -0.3 is 5.11 Å². The van der Waals surface area contributed by atoms with Crippen LogP contribution in [0.25, 0.3) is 5.65 Å². The Morgan fingerprint density at radius 3 is 2.88 bits per heavy atom. The van der Waals surface area contributed by atoms with Gasteiger partial charge in [0.2, 0.25) is 0 Å². The summed E-state index contributed by atoms with van der Waals surface area (Å²) in [6.07, 6.45) is 4.60. The Labute approximate surface area is 94.9 Å². The molecule has 0 unspecified atom stereocenters. The Morgan fingerprint density at radius 2 is 2.19 bits per heavy atom. The number of hydrogen-bond acceptors (Lipinski definition) is 3. The fourth-order valence-corrected chi connectivity index (χ4v) is 1.90. The van der Waals surface area contributed by atoms with Crippen molar-refractivity contribution in [3.63, 3.8) is 0 Å². The second-order valence-corrected chi connectivity index (χ2v) is 4.03. The topological polar surface area (TPSA) is 50.4 Å². The zero-order valence-corrected chi connectivity index (χ0v) is 9.77. The first kappa shape index (κ1) is 11.1. The van der Waals surface area contributed by atoms with Crippen LogP contribution in [-0.4, -0.2) is 26.3 Å². The Kier molecular flexibility index (Phi) is 3.19. The van der Waals surface area contributed by atoms with Crippen molar-refractivity contribution in [2.24, 2.45) is 0 Å². The molecular formula is C12H17N3O. The number of hydrogen-bond donors (Lipinski definition) is 1. The molecule has 2 aromatic rings. The molecule has 2 heterocycles. The van der Waals surface area contributed by atoms with Gasteiger partial charge in [-0.1, -0.05) is 13.3 Å². The van der Waals surface area contributed by atoms with Gasteiger partial charge >= 0.3 is 0 Å². The predicted molar refractivity (Wildman–Crippen MR) is 62.5 cm³/mol. The minimum atomic E-state index is 0.150. The average molecular weight is 219 g/mol. The molecule has 2 rings (SSSR count). The first-order valence-electron chi connectivity index (χ1n) is 5.70. The summed E-state index contributed by atoms with van der Waals surface area (Å²) in [7, 11) is 0. The minimum Gasteiger partial charge on any atom is -0.396 e. The Bertz CT molecular complexity index is 490. The average Bonchev–Trinajstić information content (AvgIpc) is 2.60. The van der Waals surface area contributed by atoms with Crippen LogP contribution in [-0.2, 0) is 12.8 Å². The summed E-state index contributed by atoms with van der Waals surface area (Å²) in [5, 5.41) is 13.6. The van der Waals surface area contributed by atoms with E-state index in [1.165, 1.54) is 0 Å². The molecule has 0 aliphatic carbocycles. The first-order chi connectivity index (χ1) is 7.74. The normalized spacial score (nSPS) is 11.2.